The van der Waals surface area contributed by atoms with Crippen molar-refractivity contribution in [3.63, 3.8) is 0 Å². The van der Waals surface area contributed by atoms with Crippen molar-refractivity contribution < 1.29 is 4.92 Å². The fourth-order valence-electron chi connectivity index (χ4n) is 2.07. The summed E-state index contributed by atoms with van der Waals surface area (Å²) in [7, 11) is 0. The molecule has 2 N–H and O–H groups in total. The minimum Gasteiger partial charge on any atom is -0.397 e. The summed E-state index contributed by atoms with van der Waals surface area (Å²) in [4.78, 5) is 14.6. The third-order valence-corrected chi connectivity index (χ3v) is 3.05. The number of aryl methyl sites for hydroxylation is 1. The minimum absolute atomic E-state index is 0.0790. The number of nitro benzene ring substituents is 1. The van der Waals surface area contributed by atoms with E-state index in [1.54, 1.807) is 37.4 Å². The minimum atomic E-state index is -0.507. The smallest absolute Gasteiger partial charge is 0.278 e. The van der Waals surface area contributed by atoms with Gasteiger partial charge in [-0.15, -0.1) is 0 Å². The lowest BCUT2D eigenvalue weighted by Crippen LogP contribution is -2.06. The molecule has 2 rings (SSSR count). The van der Waals surface area contributed by atoms with Crippen LogP contribution in [0.2, 0.25) is 0 Å². The maximum absolute atomic E-state index is 11.2. The zero-order chi connectivity index (χ0) is 15.4. The van der Waals surface area contributed by atoms with Gasteiger partial charge in [-0.1, -0.05) is 18.2 Å². The van der Waals surface area contributed by atoms with Crippen LogP contribution in [-0.4, -0.2) is 9.91 Å². The van der Waals surface area contributed by atoms with Crippen LogP contribution in [0.15, 0.2) is 42.7 Å². The van der Waals surface area contributed by atoms with Gasteiger partial charge in [0.1, 0.15) is 6.07 Å². The number of rotatable bonds is 3. The third-order valence-electron chi connectivity index (χ3n) is 3.05. The van der Waals surface area contributed by atoms with Crippen LogP contribution in [0.3, 0.4) is 0 Å². The van der Waals surface area contributed by atoms with Gasteiger partial charge in [-0.25, -0.2) is 0 Å². The van der Waals surface area contributed by atoms with Crippen LogP contribution in [-0.2, 0) is 0 Å². The van der Waals surface area contributed by atoms with Gasteiger partial charge in [0.2, 0.25) is 0 Å². The molecule has 1 heterocycles. The van der Waals surface area contributed by atoms with E-state index in [1.165, 1.54) is 12.3 Å². The number of allylic oxidation sites excluding steroid dienone is 1. The van der Waals surface area contributed by atoms with E-state index in [0.29, 0.717) is 11.1 Å². The first-order chi connectivity index (χ1) is 10.1. The van der Waals surface area contributed by atoms with E-state index < -0.39 is 4.92 Å². The molecule has 0 fully saturated rings. The van der Waals surface area contributed by atoms with Crippen LogP contribution < -0.4 is 5.73 Å². The van der Waals surface area contributed by atoms with E-state index in [-0.39, 0.29) is 22.5 Å². The molecule has 1 aromatic carbocycles. The molecule has 0 spiro atoms. The van der Waals surface area contributed by atoms with Gasteiger partial charge >= 0.3 is 0 Å². The first-order valence-corrected chi connectivity index (χ1v) is 6.11. The Kier molecular flexibility index (Phi) is 3.95. The highest BCUT2D eigenvalue weighted by molar-refractivity contribution is 5.98. The van der Waals surface area contributed by atoms with Crippen molar-refractivity contribution in [3.05, 3.63) is 69.5 Å². The van der Waals surface area contributed by atoms with Gasteiger partial charge in [-0.2, -0.15) is 5.26 Å². The molecule has 6 heteroatoms. The molecular formula is C15H12N4O2. The van der Waals surface area contributed by atoms with Crippen molar-refractivity contribution in [2.45, 2.75) is 6.92 Å². The molecule has 21 heavy (non-hydrogen) atoms. The summed E-state index contributed by atoms with van der Waals surface area (Å²) in [5, 5.41) is 20.5. The Morgan fingerprint density at radius 3 is 2.71 bits per heavy atom. The summed E-state index contributed by atoms with van der Waals surface area (Å²) in [5.41, 5.74) is 7.60. The predicted octanol–water partition coefficient (Wildman–Crippen LogP) is 2.65. The molecule has 104 valence electrons. The molecular weight excluding hydrogens is 268 g/mol. The van der Waals surface area contributed by atoms with Crippen LogP contribution in [0.25, 0.3) is 11.3 Å². The lowest BCUT2D eigenvalue weighted by atomic mass is 9.97. The summed E-state index contributed by atoms with van der Waals surface area (Å²) < 4.78 is 0. The van der Waals surface area contributed by atoms with Crippen molar-refractivity contribution in [2.75, 3.05) is 0 Å². The molecule has 0 atom stereocenters. The van der Waals surface area contributed by atoms with Gasteiger partial charge in [-0.05, 0) is 18.6 Å². The van der Waals surface area contributed by atoms with Crippen molar-refractivity contribution in [3.8, 4) is 6.07 Å². The molecule has 1 aromatic heterocycles. The lowest BCUT2D eigenvalue weighted by Gasteiger charge is -2.09. The number of hydrogen-bond acceptors (Lipinski definition) is 5. The van der Waals surface area contributed by atoms with Gasteiger partial charge in [0.05, 0.1) is 21.8 Å². The molecule has 0 aliphatic rings. The first-order valence-electron chi connectivity index (χ1n) is 6.11. The number of nitro groups is 1. The Bertz CT molecular complexity index is 761. The topological polar surface area (TPSA) is 106 Å². The summed E-state index contributed by atoms with van der Waals surface area (Å²) in [6, 6.07) is 10.0. The highest BCUT2D eigenvalue weighted by Crippen LogP contribution is 2.30. The van der Waals surface area contributed by atoms with E-state index >= 15 is 0 Å². The van der Waals surface area contributed by atoms with Crippen LogP contribution >= 0.6 is 0 Å². The van der Waals surface area contributed by atoms with E-state index in [9.17, 15) is 15.4 Å². The second-order valence-electron chi connectivity index (χ2n) is 4.37. The molecule has 0 unspecified atom stereocenters. The zero-order valence-corrected chi connectivity index (χ0v) is 11.3. The Morgan fingerprint density at radius 2 is 2.14 bits per heavy atom. The normalized spacial score (nSPS) is 11.4. The number of benzene rings is 1. The fourth-order valence-corrected chi connectivity index (χ4v) is 2.07. The lowest BCUT2D eigenvalue weighted by molar-refractivity contribution is -0.385. The van der Waals surface area contributed by atoms with E-state index in [4.69, 9.17) is 5.73 Å². The number of pyridine rings is 1. The van der Waals surface area contributed by atoms with Crippen molar-refractivity contribution in [1.29, 1.82) is 5.26 Å². The maximum atomic E-state index is 11.2. The van der Waals surface area contributed by atoms with Crippen molar-refractivity contribution >= 4 is 17.0 Å². The molecule has 0 saturated heterocycles. The molecule has 0 saturated carbocycles. The summed E-state index contributed by atoms with van der Waals surface area (Å²) in [6.07, 6.45) is 3.07. The highest BCUT2D eigenvalue weighted by atomic mass is 16.6. The van der Waals surface area contributed by atoms with Gasteiger partial charge in [0.15, 0.2) is 0 Å². The Morgan fingerprint density at radius 1 is 1.38 bits per heavy atom. The number of aromatic nitrogens is 1. The number of nitrogens with two attached hydrogens (primary N) is 1. The van der Waals surface area contributed by atoms with Crippen LogP contribution in [0.4, 0.5) is 5.69 Å². The first kappa shape index (κ1) is 14.2. The number of hydrogen-bond donors (Lipinski definition) is 1. The van der Waals surface area contributed by atoms with Gasteiger partial charge in [-0.3, -0.25) is 15.1 Å². The molecule has 0 bridgehead atoms. The van der Waals surface area contributed by atoms with Crippen molar-refractivity contribution in [1.82, 2.24) is 4.98 Å². The largest absolute Gasteiger partial charge is 0.397 e. The van der Waals surface area contributed by atoms with Crippen LogP contribution in [0, 0.1) is 28.4 Å². The number of nitrogens with zero attached hydrogens (tertiary/aromatic N) is 3. The van der Waals surface area contributed by atoms with Crippen LogP contribution in [0.5, 0.6) is 0 Å². The second kappa shape index (κ2) is 5.84. The van der Waals surface area contributed by atoms with E-state index in [2.05, 4.69) is 4.98 Å². The number of nitriles is 1. The SMILES string of the molecule is Cc1cccc([N+](=O)[O-])c1/C(N)=C(/C#N)c1cccnc1. The molecule has 6 nitrogen and oxygen atoms in total. The average molecular weight is 280 g/mol. The molecule has 0 radical (unpaired) electrons. The van der Waals surface area contributed by atoms with Gasteiger partial charge in [0, 0.05) is 24.0 Å². The predicted molar refractivity (Wildman–Crippen MR) is 78.7 cm³/mol. The summed E-state index contributed by atoms with van der Waals surface area (Å²) in [6.45, 7) is 1.72. The Labute approximate surface area is 121 Å². The quantitative estimate of drug-likeness (QED) is 0.528. The molecule has 0 amide bonds. The highest BCUT2D eigenvalue weighted by Gasteiger charge is 2.20. The Hall–Kier alpha value is -3.20. The van der Waals surface area contributed by atoms with E-state index in [0.717, 1.165) is 0 Å². The van der Waals surface area contributed by atoms with Gasteiger partial charge in [0.25, 0.3) is 5.69 Å². The standard InChI is InChI=1S/C15H12N4O2/c1-10-4-2-6-13(19(20)21)14(10)15(17)12(8-16)11-5-3-7-18-9-11/h2-7,9H,17H2,1H3/b15-12+. The Balaban J connectivity index is 2.74. The molecule has 0 aliphatic carbocycles. The zero-order valence-electron chi connectivity index (χ0n) is 11.3. The molecule has 2 aromatic rings. The third kappa shape index (κ3) is 2.72. The summed E-state index contributed by atoms with van der Waals surface area (Å²) >= 11 is 0. The summed E-state index contributed by atoms with van der Waals surface area (Å²) in [5.74, 6) is 0. The average Bonchev–Trinajstić information content (AvgIpc) is 2.48. The van der Waals surface area contributed by atoms with Gasteiger partial charge < -0.3 is 5.73 Å². The maximum Gasteiger partial charge on any atom is 0.278 e. The molecule has 0 aliphatic heterocycles. The van der Waals surface area contributed by atoms with Crippen LogP contribution in [0.1, 0.15) is 16.7 Å². The monoisotopic (exact) mass is 280 g/mol. The second-order valence-corrected chi connectivity index (χ2v) is 4.37. The van der Waals surface area contributed by atoms with Crippen molar-refractivity contribution in [2.24, 2.45) is 5.73 Å². The fraction of sp³-hybridized carbons (Fsp3) is 0.0667. The van der Waals surface area contributed by atoms with E-state index in [1.807, 2.05) is 6.07 Å².